The molecule has 386 valence electrons. The van der Waals surface area contributed by atoms with Gasteiger partial charge < -0.3 is 61.0 Å². The first-order valence-electron chi connectivity index (χ1n) is 23.7. The number of phenolic OH excluding ortho intramolecular Hbond substituents is 2. The van der Waals surface area contributed by atoms with Crippen molar-refractivity contribution in [2.24, 2.45) is 0 Å². The second kappa shape index (κ2) is 22.1. The number of phenols is 2. The number of amides is 4. The lowest BCUT2D eigenvalue weighted by Gasteiger charge is -2.43. The minimum atomic E-state index is -2.41. The van der Waals surface area contributed by atoms with Crippen LogP contribution >= 0.6 is 0 Å². The minimum absolute atomic E-state index is 0.0262. The Labute approximate surface area is 424 Å². The molecule has 6 atom stereocenters. The zero-order valence-corrected chi connectivity index (χ0v) is 40.3. The van der Waals surface area contributed by atoms with Crippen LogP contribution in [0.5, 0.6) is 17.2 Å². The van der Waals surface area contributed by atoms with E-state index in [1.54, 1.807) is 0 Å². The molecule has 0 unspecified atom stereocenters. The van der Waals surface area contributed by atoms with Crippen LogP contribution in [0.4, 0.5) is 0 Å². The standard InChI is InChI=1S/C54H55N5O15/c1-29-48(66)35(21-43(73-29)74-37-23-53(71,38(61)28-60)22-34-45(37)52(70)47-46(50(34)68)49(67)33-19-12-20-36(72-2)44(33)51(47)69)59-42(65)26-57-40(63)24-55-39(62)25-56-41(64)27-58-54(30-13-6-3-7-14-30,31-15-8-4-9-16-31)32-17-10-5-11-18-32/h3-20,29,35,37,43,48,58,60,66,68,70-71H,21-28H2,1-2H3,(H,55,62)(H,56,64)(H,57,63)(H,59,65)/t29-,35-,37-,43-,48+,53-/m0/s1. The zero-order valence-electron chi connectivity index (χ0n) is 40.3. The number of ketones is 3. The van der Waals surface area contributed by atoms with Crippen molar-refractivity contribution in [3.63, 3.8) is 0 Å². The Bertz CT molecular complexity index is 2880. The lowest BCUT2D eigenvalue weighted by Crippen LogP contribution is -2.57. The second-order valence-corrected chi connectivity index (χ2v) is 18.2. The van der Waals surface area contributed by atoms with Gasteiger partial charge in [0.15, 0.2) is 17.9 Å². The van der Waals surface area contributed by atoms with E-state index in [9.17, 15) is 59.1 Å². The number of methoxy groups -OCH3 is 1. The molecule has 0 aromatic heterocycles. The van der Waals surface area contributed by atoms with Gasteiger partial charge in [-0.2, -0.15) is 0 Å². The monoisotopic (exact) mass is 1010 g/mol. The van der Waals surface area contributed by atoms with Gasteiger partial charge in [-0.3, -0.25) is 38.9 Å². The first-order valence-corrected chi connectivity index (χ1v) is 23.7. The zero-order chi connectivity index (χ0) is 52.9. The summed E-state index contributed by atoms with van der Waals surface area (Å²) in [6.45, 7) is -1.46. The molecule has 1 saturated heterocycles. The number of benzene rings is 5. The van der Waals surface area contributed by atoms with E-state index in [1.165, 1.54) is 32.2 Å². The Morgan fingerprint density at radius 2 is 1.23 bits per heavy atom. The van der Waals surface area contributed by atoms with E-state index in [1.807, 2.05) is 91.0 Å². The fourth-order valence-electron chi connectivity index (χ4n) is 9.92. The number of carbonyl (C=O) groups excluding carboxylic acids is 7. The maximum Gasteiger partial charge on any atom is 0.239 e. The molecule has 0 radical (unpaired) electrons. The van der Waals surface area contributed by atoms with Crippen molar-refractivity contribution in [1.82, 2.24) is 26.6 Å². The second-order valence-electron chi connectivity index (χ2n) is 18.2. The molecular formula is C54H55N5O15. The van der Waals surface area contributed by atoms with Crippen LogP contribution < -0.4 is 31.3 Å². The predicted molar refractivity (Wildman–Crippen MR) is 262 cm³/mol. The number of carbonyl (C=O) groups is 7. The molecule has 0 bridgehead atoms. The number of fused-ring (bicyclic) bond motifs is 3. The van der Waals surface area contributed by atoms with Gasteiger partial charge in [0.1, 0.15) is 35.6 Å². The smallest absolute Gasteiger partial charge is 0.239 e. The number of aromatic hydroxyl groups is 2. The van der Waals surface area contributed by atoms with Crippen LogP contribution in [0.15, 0.2) is 109 Å². The molecule has 2 aliphatic carbocycles. The molecule has 3 aliphatic rings. The molecule has 74 heavy (non-hydrogen) atoms. The molecule has 1 fully saturated rings. The fourth-order valence-corrected chi connectivity index (χ4v) is 9.92. The highest BCUT2D eigenvalue weighted by Gasteiger charge is 2.50. The summed E-state index contributed by atoms with van der Waals surface area (Å²) in [5.41, 5.74) is -2.68. The summed E-state index contributed by atoms with van der Waals surface area (Å²) >= 11 is 0. The maximum atomic E-state index is 14.0. The summed E-state index contributed by atoms with van der Waals surface area (Å²) < 4.78 is 17.5. The van der Waals surface area contributed by atoms with E-state index < -0.39 is 144 Å². The summed E-state index contributed by atoms with van der Waals surface area (Å²) in [4.78, 5) is 92.8. The highest BCUT2D eigenvalue weighted by Crippen LogP contribution is 2.52. The van der Waals surface area contributed by atoms with Crippen molar-refractivity contribution < 1.29 is 73.3 Å². The molecule has 0 spiro atoms. The van der Waals surface area contributed by atoms with Crippen molar-refractivity contribution in [2.45, 2.75) is 68.0 Å². The number of aliphatic hydroxyl groups is 3. The summed E-state index contributed by atoms with van der Waals surface area (Å²) in [7, 11) is 1.28. The summed E-state index contributed by atoms with van der Waals surface area (Å²) in [5, 5.41) is 69.4. The molecule has 1 heterocycles. The lowest BCUT2D eigenvalue weighted by atomic mass is 9.72. The largest absolute Gasteiger partial charge is 0.507 e. The Hall–Kier alpha value is -7.85. The molecule has 0 saturated carbocycles. The molecule has 4 amide bonds. The quantitative estimate of drug-likeness (QED) is 0.0426. The number of ether oxygens (including phenoxy) is 3. The van der Waals surface area contributed by atoms with Crippen molar-refractivity contribution >= 4 is 41.0 Å². The Balaban J connectivity index is 0.868. The number of hydrogen-bond donors (Lipinski definition) is 10. The SMILES string of the molecule is COc1cccc2c1C(=O)c1c(O)c3c(c(O)c1C2=O)C[C@@](O)(C(=O)CO)C[C@@H]3O[C@H]1C[C@H](NC(=O)CNC(=O)CNC(=O)CNC(=O)CNC(c2ccccc2)(c2ccccc2)c2ccccc2)[C@H](O)[C@H](C)O1. The number of hydrogen-bond acceptors (Lipinski definition) is 16. The first-order chi connectivity index (χ1) is 35.5. The average molecular weight is 1010 g/mol. The van der Waals surface area contributed by atoms with E-state index >= 15 is 0 Å². The normalized spacial score (nSPS) is 21.0. The van der Waals surface area contributed by atoms with Gasteiger partial charge in [-0.25, -0.2) is 0 Å². The minimum Gasteiger partial charge on any atom is -0.507 e. The highest BCUT2D eigenvalue weighted by atomic mass is 16.7. The van der Waals surface area contributed by atoms with Crippen molar-refractivity contribution in [3.8, 4) is 17.2 Å². The van der Waals surface area contributed by atoms with Crippen LogP contribution in [0.1, 0.15) is 85.5 Å². The predicted octanol–water partition coefficient (Wildman–Crippen LogP) is 1.09. The van der Waals surface area contributed by atoms with Crippen LogP contribution in [0.2, 0.25) is 0 Å². The molecule has 1 aliphatic heterocycles. The third-order valence-electron chi connectivity index (χ3n) is 13.6. The van der Waals surface area contributed by atoms with E-state index in [0.717, 1.165) is 16.7 Å². The van der Waals surface area contributed by atoms with Gasteiger partial charge in [0.2, 0.25) is 29.4 Å². The molecule has 5 aromatic rings. The van der Waals surface area contributed by atoms with Gasteiger partial charge in [0.05, 0.1) is 73.8 Å². The number of rotatable bonds is 18. The third kappa shape index (κ3) is 10.4. The van der Waals surface area contributed by atoms with Gasteiger partial charge in [-0.1, -0.05) is 103 Å². The van der Waals surface area contributed by atoms with Crippen LogP contribution in [-0.4, -0.2) is 137 Å². The number of nitrogens with one attached hydrogen (secondary N) is 5. The third-order valence-corrected chi connectivity index (χ3v) is 13.6. The van der Waals surface area contributed by atoms with Crippen molar-refractivity contribution in [3.05, 3.63) is 159 Å². The summed E-state index contributed by atoms with van der Waals surface area (Å²) in [5.74, 6) is -7.04. The van der Waals surface area contributed by atoms with Crippen molar-refractivity contribution in [2.75, 3.05) is 39.9 Å². The number of Topliss-reactive ketones (excluding diaryl/α,β-unsaturated/α-hetero) is 1. The van der Waals surface area contributed by atoms with Crippen LogP contribution in [0.25, 0.3) is 0 Å². The van der Waals surface area contributed by atoms with E-state index in [0.29, 0.717) is 0 Å². The van der Waals surface area contributed by atoms with Gasteiger partial charge in [-0.05, 0) is 29.7 Å². The number of aliphatic hydroxyl groups excluding tert-OH is 2. The molecule has 8 rings (SSSR count). The lowest BCUT2D eigenvalue weighted by molar-refractivity contribution is -0.249. The van der Waals surface area contributed by atoms with Crippen LogP contribution in [-0.2, 0) is 45.4 Å². The van der Waals surface area contributed by atoms with E-state index in [2.05, 4.69) is 26.6 Å². The Morgan fingerprint density at radius 3 is 1.77 bits per heavy atom. The molecule has 20 nitrogen and oxygen atoms in total. The molecule has 20 heteroatoms. The highest BCUT2D eigenvalue weighted by molar-refractivity contribution is 6.31. The average Bonchev–Trinajstić information content (AvgIpc) is 3.43. The van der Waals surface area contributed by atoms with E-state index in [-0.39, 0.29) is 41.0 Å². The molecule has 10 N–H and O–H groups in total. The maximum absolute atomic E-state index is 14.0. The molecule has 5 aromatic carbocycles. The summed E-state index contributed by atoms with van der Waals surface area (Å²) in [6.07, 6.45) is -6.89. The van der Waals surface area contributed by atoms with Gasteiger partial charge in [-0.15, -0.1) is 0 Å². The van der Waals surface area contributed by atoms with E-state index in [4.69, 9.17) is 14.2 Å². The van der Waals surface area contributed by atoms with Crippen molar-refractivity contribution in [1.29, 1.82) is 0 Å². The topological polar surface area (TPSA) is 308 Å². The first kappa shape index (κ1) is 52.5. The van der Waals surface area contributed by atoms with Crippen LogP contribution in [0.3, 0.4) is 0 Å². The van der Waals surface area contributed by atoms with Gasteiger partial charge in [0.25, 0.3) is 0 Å². The Morgan fingerprint density at radius 1 is 0.703 bits per heavy atom. The summed E-state index contributed by atoms with van der Waals surface area (Å²) in [6, 6.07) is 32.0. The van der Waals surface area contributed by atoms with Gasteiger partial charge >= 0.3 is 0 Å². The Kier molecular flexibility index (Phi) is 15.7. The molecular weight excluding hydrogens is 959 g/mol. The van der Waals surface area contributed by atoms with Gasteiger partial charge in [0, 0.05) is 36.0 Å². The fraction of sp³-hybridized carbons (Fsp3) is 0.315. The van der Waals surface area contributed by atoms with Crippen LogP contribution in [0, 0.1) is 0 Å².